The van der Waals surface area contributed by atoms with Crippen LogP contribution >= 0.6 is 24.0 Å². The van der Waals surface area contributed by atoms with Gasteiger partial charge in [-0.2, -0.15) is 0 Å². The second kappa shape index (κ2) is 15.0. The normalized spacial score (nSPS) is 21.3. The zero-order chi connectivity index (χ0) is 17.8. The van der Waals surface area contributed by atoms with Crippen molar-refractivity contribution in [3.05, 3.63) is 0 Å². The molecule has 0 spiro atoms. The van der Waals surface area contributed by atoms with Crippen molar-refractivity contribution in [3.8, 4) is 0 Å². The summed E-state index contributed by atoms with van der Waals surface area (Å²) >= 11 is 0. The lowest BCUT2D eigenvalue weighted by Gasteiger charge is -2.38. The molecule has 0 aromatic heterocycles. The standard InChI is InChI=1S/C18H38N4O2.HI/c1-5-7-17(8-10-23)13-21-18(19-6-2)20-12-15(3)22-9-11-24-14-16(22)4;/h15-17,23H,5-14H2,1-4H3,(H2,19,20,21);1H. The summed E-state index contributed by atoms with van der Waals surface area (Å²) in [5, 5.41) is 16.0. The molecule has 7 heteroatoms. The van der Waals surface area contributed by atoms with Crippen molar-refractivity contribution < 1.29 is 9.84 Å². The highest BCUT2D eigenvalue weighted by Crippen LogP contribution is 2.11. The van der Waals surface area contributed by atoms with E-state index in [2.05, 4.69) is 43.2 Å². The molecule has 3 atom stereocenters. The summed E-state index contributed by atoms with van der Waals surface area (Å²) in [7, 11) is 0. The summed E-state index contributed by atoms with van der Waals surface area (Å²) in [6.45, 7) is 14.1. The summed E-state index contributed by atoms with van der Waals surface area (Å²) in [5.74, 6) is 1.34. The maximum absolute atomic E-state index is 9.18. The zero-order valence-corrected chi connectivity index (χ0v) is 18.8. The summed E-state index contributed by atoms with van der Waals surface area (Å²) in [4.78, 5) is 7.22. The number of morpholine rings is 1. The van der Waals surface area contributed by atoms with E-state index in [0.717, 1.165) is 64.6 Å². The van der Waals surface area contributed by atoms with Gasteiger partial charge in [-0.15, -0.1) is 24.0 Å². The summed E-state index contributed by atoms with van der Waals surface area (Å²) in [5.41, 5.74) is 0. The van der Waals surface area contributed by atoms with Crippen molar-refractivity contribution >= 4 is 29.9 Å². The number of hydrogen-bond donors (Lipinski definition) is 3. The first-order valence-corrected chi connectivity index (χ1v) is 9.58. The van der Waals surface area contributed by atoms with Crippen molar-refractivity contribution in [3.63, 3.8) is 0 Å². The molecule has 1 aliphatic rings. The quantitative estimate of drug-likeness (QED) is 0.259. The minimum atomic E-state index is 0. The fraction of sp³-hybridized carbons (Fsp3) is 0.944. The molecule has 1 aliphatic heterocycles. The van der Waals surface area contributed by atoms with Crippen LogP contribution in [0.4, 0.5) is 0 Å². The smallest absolute Gasteiger partial charge is 0.191 e. The van der Waals surface area contributed by atoms with E-state index in [1.807, 2.05) is 0 Å². The van der Waals surface area contributed by atoms with Gasteiger partial charge in [0.25, 0.3) is 0 Å². The van der Waals surface area contributed by atoms with E-state index < -0.39 is 0 Å². The van der Waals surface area contributed by atoms with E-state index in [0.29, 0.717) is 18.0 Å². The lowest BCUT2D eigenvalue weighted by Crippen LogP contribution is -2.53. The minimum Gasteiger partial charge on any atom is -0.396 e. The van der Waals surface area contributed by atoms with Crippen LogP contribution in [0.3, 0.4) is 0 Å². The van der Waals surface area contributed by atoms with Crippen molar-refractivity contribution in [1.82, 2.24) is 15.5 Å². The zero-order valence-electron chi connectivity index (χ0n) is 16.5. The molecular formula is C18H39IN4O2. The van der Waals surface area contributed by atoms with Gasteiger partial charge >= 0.3 is 0 Å². The Kier molecular flexibility index (Phi) is 14.9. The average molecular weight is 470 g/mol. The molecule has 1 fully saturated rings. The second-order valence-electron chi connectivity index (χ2n) is 6.78. The highest BCUT2D eigenvalue weighted by molar-refractivity contribution is 14.0. The van der Waals surface area contributed by atoms with Crippen LogP contribution in [-0.2, 0) is 4.74 Å². The highest BCUT2D eigenvalue weighted by Gasteiger charge is 2.23. The van der Waals surface area contributed by atoms with Crippen LogP contribution in [0, 0.1) is 5.92 Å². The highest BCUT2D eigenvalue weighted by atomic mass is 127. The van der Waals surface area contributed by atoms with Crippen LogP contribution in [0.25, 0.3) is 0 Å². The number of aliphatic imine (C=N–C) groups is 1. The first-order chi connectivity index (χ1) is 11.6. The van der Waals surface area contributed by atoms with Crippen LogP contribution in [-0.4, -0.2) is 74.0 Å². The molecule has 1 rings (SSSR count). The second-order valence-corrected chi connectivity index (χ2v) is 6.78. The molecular weight excluding hydrogens is 431 g/mol. The first kappa shape index (κ1) is 24.9. The number of hydrogen-bond acceptors (Lipinski definition) is 4. The molecule has 3 unspecified atom stereocenters. The largest absolute Gasteiger partial charge is 0.396 e. The van der Waals surface area contributed by atoms with Crippen molar-refractivity contribution in [2.75, 3.05) is 46.0 Å². The molecule has 6 nitrogen and oxygen atoms in total. The van der Waals surface area contributed by atoms with E-state index >= 15 is 0 Å². The number of guanidine groups is 1. The fourth-order valence-corrected chi connectivity index (χ4v) is 3.24. The molecule has 0 saturated carbocycles. The van der Waals surface area contributed by atoms with Gasteiger partial charge < -0.3 is 20.5 Å². The SMILES string of the molecule is CCCC(CCO)CN=C(NCC)NCC(C)N1CCOCC1C.I. The molecule has 25 heavy (non-hydrogen) atoms. The average Bonchev–Trinajstić information content (AvgIpc) is 2.57. The van der Waals surface area contributed by atoms with Gasteiger partial charge in [0.05, 0.1) is 13.2 Å². The summed E-state index contributed by atoms with van der Waals surface area (Å²) < 4.78 is 5.52. The van der Waals surface area contributed by atoms with Crippen LogP contribution in [0.15, 0.2) is 4.99 Å². The third-order valence-electron chi connectivity index (χ3n) is 4.64. The molecule has 1 heterocycles. The Morgan fingerprint density at radius 3 is 2.68 bits per heavy atom. The number of nitrogens with zero attached hydrogens (tertiary/aromatic N) is 2. The maximum atomic E-state index is 9.18. The number of rotatable bonds is 10. The predicted octanol–water partition coefficient (Wildman–Crippen LogP) is 2.07. The van der Waals surface area contributed by atoms with Gasteiger partial charge in [-0.05, 0) is 39.5 Å². The lowest BCUT2D eigenvalue weighted by atomic mass is 10.0. The third kappa shape index (κ3) is 9.96. The van der Waals surface area contributed by atoms with Crippen LogP contribution in [0.5, 0.6) is 0 Å². The lowest BCUT2D eigenvalue weighted by molar-refractivity contribution is -0.0174. The Morgan fingerprint density at radius 2 is 2.08 bits per heavy atom. The minimum absolute atomic E-state index is 0. The first-order valence-electron chi connectivity index (χ1n) is 9.58. The molecule has 0 aromatic rings. The number of aliphatic hydroxyl groups excluding tert-OH is 1. The van der Waals surface area contributed by atoms with E-state index in [-0.39, 0.29) is 30.6 Å². The number of nitrogens with one attached hydrogen (secondary N) is 2. The van der Waals surface area contributed by atoms with Crippen LogP contribution in [0.2, 0.25) is 0 Å². The molecule has 3 N–H and O–H groups in total. The molecule has 0 bridgehead atoms. The van der Waals surface area contributed by atoms with Crippen LogP contribution < -0.4 is 10.6 Å². The van der Waals surface area contributed by atoms with Gasteiger partial charge in [-0.1, -0.05) is 13.3 Å². The van der Waals surface area contributed by atoms with E-state index in [4.69, 9.17) is 9.73 Å². The monoisotopic (exact) mass is 470 g/mol. The maximum Gasteiger partial charge on any atom is 0.191 e. The van der Waals surface area contributed by atoms with Gasteiger partial charge in [-0.25, -0.2) is 0 Å². The van der Waals surface area contributed by atoms with Gasteiger partial charge in [0, 0.05) is 44.9 Å². The molecule has 0 radical (unpaired) electrons. The topological polar surface area (TPSA) is 69.1 Å². The van der Waals surface area contributed by atoms with Crippen molar-refractivity contribution in [1.29, 1.82) is 0 Å². The molecule has 150 valence electrons. The molecule has 0 aromatic carbocycles. The molecule has 0 amide bonds. The number of ether oxygens (including phenoxy) is 1. The predicted molar refractivity (Wildman–Crippen MR) is 116 cm³/mol. The van der Waals surface area contributed by atoms with Crippen molar-refractivity contribution in [2.24, 2.45) is 10.9 Å². The summed E-state index contributed by atoms with van der Waals surface area (Å²) in [6.07, 6.45) is 3.08. The Bertz CT molecular complexity index is 352. The van der Waals surface area contributed by atoms with Gasteiger partial charge in [0.15, 0.2) is 5.96 Å². The van der Waals surface area contributed by atoms with E-state index in [1.165, 1.54) is 0 Å². The molecule has 1 saturated heterocycles. The number of aliphatic hydroxyl groups is 1. The van der Waals surface area contributed by atoms with Crippen molar-refractivity contribution in [2.45, 2.75) is 59.0 Å². The van der Waals surface area contributed by atoms with Gasteiger partial charge in [0.1, 0.15) is 0 Å². The van der Waals surface area contributed by atoms with Gasteiger partial charge in [-0.3, -0.25) is 9.89 Å². The molecule has 0 aliphatic carbocycles. The summed E-state index contributed by atoms with van der Waals surface area (Å²) in [6, 6.07) is 0.908. The Morgan fingerprint density at radius 1 is 1.32 bits per heavy atom. The Labute approximate surface area is 171 Å². The number of halogens is 1. The third-order valence-corrected chi connectivity index (χ3v) is 4.64. The Hall–Kier alpha value is -0.120. The van der Waals surface area contributed by atoms with E-state index in [1.54, 1.807) is 0 Å². The van der Waals surface area contributed by atoms with Gasteiger partial charge in [0.2, 0.25) is 0 Å². The van der Waals surface area contributed by atoms with E-state index in [9.17, 15) is 5.11 Å². The van der Waals surface area contributed by atoms with Crippen LogP contribution in [0.1, 0.15) is 47.0 Å². The Balaban J connectivity index is 0.00000576. The fourth-order valence-electron chi connectivity index (χ4n) is 3.24.